The Bertz CT molecular complexity index is 386. The van der Waals surface area contributed by atoms with Crippen LogP contribution in [0.1, 0.15) is 51.8 Å². The molecule has 0 amide bonds. The summed E-state index contributed by atoms with van der Waals surface area (Å²) in [5.41, 5.74) is -0.363. The van der Waals surface area contributed by atoms with E-state index in [9.17, 15) is 5.11 Å². The Morgan fingerprint density at radius 2 is 2.16 bits per heavy atom. The molecule has 0 spiro atoms. The van der Waals surface area contributed by atoms with E-state index in [0.29, 0.717) is 13.0 Å². The fourth-order valence-corrected chi connectivity index (χ4v) is 3.04. The summed E-state index contributed by atoms with van der Waals surface area (Å²) in [6.07, 6.45) is 6.79. The van der Waals surface area contributed by atoms with Gasteiger partial charge in [0.05, 0.1) is 11.7 Å². The topological polar surface area (TPSA) is 60.2 Å². The molecule has 2 rings (SSSR count). The van der Waals surface area contributed by atoms with Crippen molar-refractivity contribution in [1.82, 2.24) is 14.8 Å². The van der Waals surface area contributed by atoms with E-state index in [-0.39, 0.29) is 5.60 Å². The third kappa shape index (κ3) is 3.15. The molecule has 5 nitrogen and oxygen atoms in total. The highest BCUT2D eigenvalue weighted by molar-refractivity contribution is 4.99. The third-order valence-corrected chi connectivity index (χ3v) is 4.00. The molecular weight excluding hydrogens is 242 g/mol. The summed E-state index contributed by atoms with van der Waals surface area (Å²) in [6, 6.07) is 0. The van der Waals surface area contributed by atoms with Gasteiger partial charge in [0.2, 0.25) is 0 Å². The van der Waals surface area contributed by atoms with E-state index in [2.05, 4.69) is 17.0 Å². The highest BCUT2D eigenvalue weighted by Gasteiger charge is 2.41. The van der Waals surface area contributed by atoms with E-state index < -0.39 is 6.10 Å². The highest BCUT2D eigenvalue weighted by Crippen LogP contribution is 2.37. The van der Waals surface area contributed by atoms with Crippen molar-refractivity contribution in [1.29, 1.82) is 0 Å². The molecule has 1 atom stereocenters. The second kappa shape index (κ2) is 6.48. The summed E-state index contributed by atoms with van der Waals surface area (Å²) in [7, 11) is 0. The van der Waals surface area contributed by atoms with E-state index in [1.165, 1.54) is 0 Å². The Balaban J connectivity index is 2.06. The van der Waals surface area contributed by atoms with Crippen LogP contribution in [0.5, 0.6) is 0 Å². The summed E-state index contributed by atoms with van der Waals surface area (Å²) in [4.78, 5) is 4.27. The number of hydrogen-bond acceptors (Lipinski definition) is 4. The van der Waals surface area contributed by atoms with Gasteiger partial charge in [0.15, 0.2) is 0 Å². The van der Waals surface area contributed by atoms with Gasteiger partial charge in [-0.15, -0.1) is 0 Å². The van der Waals surface area contributed by atoms with Crippen molar-refractivity contribution in [3.8, 4) is 0 Å². The van der Waals surface area contributed by atoms with E-state index >= 15 is 0 Å². The van der Waals surface area contributed by atoms with Crippen LogP contribution in [0.4, 0.5) is 0 Å². The van der Waals surface area contributed by atoms with Gasteiger partial charge in [-0.3, -0.25) is 4.68 Å². The smallest absolute Gasteiger partial charge is 0.138 e. The molecule has 1 aromatic heterocycles. The zero-order valence-electron chi connectivity index (χ0n) is 12.0. The molecule has 1 unspecified atom stereocenters. The Kier molecular flexibility index (Phi) is 4.93. The molecule has 5 heteroatoms. The Labute approximate surface area is 115 Å². The van der Waals surface area contributed by atoms with Crippen LogP contribution in [0, 0.1) is 0 Å². The average Bonchev–Trinajstić information content (AvgIpc) is 3.01. The van der Waals surface area contributed by atoms with Gasteiger partial charge in [0.1, 0.15) is 12.2 Å². The molecule has 0 radical (unpaired) electrons. The lowest BCUT2D eigenvalue weighted by Gasteiger charge is -2.33. The molecule has 19 heavy (non-hydrogen) atoms. The Morgan fingerprint density at radius 1 is 1.42 bits per heavy atom. The molecule has 1 fully saturated rings. The molecule has 1 aliphatic carbocycles. The standard InChI is InChI=1S/C14H25N3O2/c1-3-9-17-13(15-11-16-17)10-12(18)14(19-4-2)7-5-6-8-14/h11-12,18H,3-10H2,1-2H3. The minimum Gasteiger partial charge on any atom is -0.390 e. The highest BCUT2D eigenvalue weighted by atomic mass is 16.5. The summed E-state index contributed by atoms with van der Waals surface area (Å²) >= 11 is 0. The fraction of sp³-hybridized carbons (Fsp3) is 0.857. The van der Waals surface area contributed by atoms with Crippen molar-refractivity contribution < 1.29 is 9.84 Å². The van der Waals surface area contributed by atoms with Crippen molar-refractivity contribution in [2.24, 2.45) is 0 Å². The lowest BCUT2D eigenvalue weighted by atomic mass is 9.92. The molecule has 0 aliphatic heterocycles. The molecular formula is C14H25N3O2. The van der Waals surface area contributed by atoms with E-state index in [1.54, 1.807) is 6.33 Å². The number of aromatic nitrogens is 3. The van der Waals surface area contributed by atoms with Crippen LogP contribution in [0.3, 0.4) is 0 Å². The first-order valence-electron chi connectivity index (χ1n) is 7.40. The van der Waals surface area contributed by atoms with Gasteiger partial charge in [-0.2, -0.15) is 5.10 Å². The number of aliphatic hydroxyl groups excluding tert-OH is 1. The Hall–Kier alpha value is -0.940. The molecule has 1 aromatic rings. The molecule has 0 aromatic carbocycles. The van der Waals surface area contributed by atoms with Crippen LogP contribution in [-0.4, -0.2) is 38.2 Å². The van der Waals surface area contributed by atoms with Gasteiger partial charge < -0.3 is 9.84 Å². The zero-order valence-corrected chi connectivity index (χ0v) is 12.0. The lowest BCUT2D eigenvalue weighted by Crippen LogP contribution is -2.44. The first-order chi connectivity index (χ1) is 9.22. The molecule has 1 saturated carbocycles. The van der Waals surface area contributed by atoms with Crippen molar-refractivity contribution in [2.75, 3.05) is 6.61 Å². The predicted molar refractivity (Wildman–Crippen MR) is 72.8 cm³/mol. The quantitative estimate of drug-likeness (QED) is 0.820. The number of aryl methyl sites for hydroxylation is 1. The van der Waals surface area contributed by atoms with E-state index in [4.69, 9.17) is 4.74 Å². The van der Waals surface area contributed by atoms with Crippen LogP contribution in [0.25, 0.3) is 0 Å². The van der Waals surface area contributed by atoms with Gasteiger partial charge in [-0.1, -0.05) is 19.8 Å². The van der Waals surface area contributed by atoms with Gasteiger partial charge in [-0.25, -0.2) is 4.98 Å². The second-order valence-corrected chi connectivity index (χ2v) is 5.32. The molecule has 1 N–H and O–H groups in total. The van der Waals surface area contributed by atoms with Crippen LogP contribution in [0.2, 0.25) is 0 Å². The molecule has 1 aliphatic rings. The summed E-state index contributed by atoms with van der Waals surface area (Å²) < 4.78 is 7.78. The predicted octanol–water partition coefficient (Wildman–Crippen LogP) is 1.94. The van der Waals surface area contributed by atoms with Crippen molar-refractivity contribution in [3.63, 3.8) is 0 Å². The number of rotatable bonds is 7. The number of aliphatic hydroxyl groups is 1. The normalized spacial score (nSPS) is 19.7. The zero-order chi connectivity index (χ0) is 13.7. The monoisotopic (exact) mass is 267 g/mol. The van der Waals surface area contributed by atoms with Gasteiger partial charge in [-0.05, 0) is 26.2 Å². The Morgan fingerprint density at radius 3 is 2.79 bits per heavy atom. The first kappa shape index (κ1) is 14.5. The number of nitrogens with zero attached hydrogens (tertiary/aromatic N) is 3. The molecule has 0 saturated heterocycles. The maximum Gasteiger partial charge on any atom is 0.138 e. The second-order valence-electron chi connectivity index (χ2n) is 5.32. The summed E-state index contributed by atoms with van der Waals surface area (Å²) in [5, 5.41) is 14.8. The molecule has 1 heterocycles. The molecule has 0 bridgehead atoms. The van der Waals surface area contributed by atoms with Crippen molar-refractivity contribution >= 4 is 0 Å². The van der Waals surface area contributed by atoms with Crippen LogP contribution in [0.15, 0.2) is 6.33 Å². The SMILES string of the molecule is CCCn1ncnc1CC(O)C1(OCC)CCCC1. The van der Waals surface area contributed by atoms with Gasteiger partial charge in [0, 0.05) is 19.6 Å². The average molecular weight is 267 g/mol. The largest absolute Gasteiger partial charge is 0.390 e. The van der Waals surface area contributed by atoms with Crippen LogP contribution in [-0.2, 0) is 17.7 Å². The van der Waals surface area contributed by atoms with Crippen molar-refractivity contribution in [3.05, 3.63) is 12.2 Å². The van der Waals surface area contributed by atoms with Gasteiger partial charge in [0.25, 0.3) is 0 Å². The minimum absolute atomic E-state index is 0.363. The maximum atomic E-state index is 10.6. The van der Waals surface area contributed by atoms with Crippen molar-refractivity contribution in [2.45, 2.75) is 70.6 Å². The lowest BCUT2D eigenvalue weighted by molar-refractivity contribution is -0.116. The van der Waals surface area contributed by atoms with Gasteiger partial charge >= 0.3 is 0 Å². The number of ether oxygens (including phenoxy) is 1. The fourth-order valence-electron chi connectivity index (χ4n) is 3.04. The van der Waals surface area contributed by atoms with Crippen LogP contribution < -0.4 is 0 Å². The maximum absolute atomic E-state index is 10.6. The summed E-state index contributed by atoms with van der Waals surface area (Å²) in [5.74, 6) is 0.861. The first-order valence-corrected chi connectivity index (χ1v) is 7.40. The van der Waals surface area contributed by atoms with E-state index in [1.807, 2.05) is 11.6 Å². The summed E-state index contributed by atoms with van der Waals surface area (Å²) in [6.45, 7) is 5.61. The van der Waals surface area contributed by atoms with E-state index in [0.717, 1.165) is 44.5 Å². The van der Waals surface area contributed by atoms with Crippen LogP contribution >= 0.6 is 0 Å². The number of hydrogen-bond donors (Lipinski definition) is 1. The minimum atomic E-state index is -0.491. The third-order valence-electron chi connectivity index (χ3n) is 4.00. The molecule has 108 valence electrons.